The number of rotatable bonds is 3. The van der Waals surface area contributed by atoms with Crippen LogP contribution in [0.1, 0.15) is 30.4 Å². The molecule has 4 rings (SSSR count). The molecule has 184 valence electrons. The number of nitrogens with two attached hydrogens (primary N) is 1. The lowest BCUT2D eigenvalue weighted by Crippen LogP contribution is -2.66. The molecule has 1 unspecified atom stereocenters. The van der Waals surface area contributed by atoms with Crippen molar-refractivity contribution >= 4 is 15.9 Å². The highest BCUT2D eigenvalue weighted by Gasteiger charge is 2.68. The van der Waals surface area contributed by atoms with Gasteiger partial charge in [0.15, 0.2) is 21.4 Å². The minimum absolute atomic E-state index is 0.222. The summed E-state index contributed by atoms with van der Waals surface area (Å²) in [7, 11) is -4.88. The molecule has 7 nitrogen and oxygen atoms in total. The Bertz CT molecular complexity index is 1250. The van der Waals surface area contributed by atoms with Gasteiger partial charge in [-0.05, 0) is 49.2 Å². The van der Waals surface area contributed by atoms with E-state index in [1.54, 1.807) is 0 Å². The zero-order valence-corrected chi connectivity index (χ0v) is 18.1. The van der Waals surface area contributed by atoms with Crippen molar-refractivity contribution in [1.82, 2.24) is 0 Å². The van der Waals surface area contributed by atoms with Crippen LogP contribution in [0.3, 0.4) is 0 Å². The van der Waals surface area contributed by atoms with E-state index in [4.69, 9.17) is 15.2 Å². The average Bonchev–Trinajstić information content (AvgIpc) is 2.74. The molecule has 1 fully saturated rings. The number of hydrogen-bond donors (Lipinski definition) is 2. The smallest absolute Gasteiger partial charge is 0.416 e. The molecule has 13 heteroatoms. The quantitative estimate of drug-likeness (QED) is 0.616. The fraction of sp³-hybridized carbons (Fsp3) is 0.381. The van der Waals surface area contributed by atoms with E-state index in [2.05, 4.69) is 0 Å². The van der Waals surface area contributed by atoms with Crippen molar-refractivity contribution in [2.45, 2.75) is 46.8 Å². The summed E-state index contributed by atoms with van der Waals surface area (Å²) >= 11 is 0. The average molecular weight is 507 g/mol. The number of ether oxygens (including phenoxy) is 2. The number of halogens is 5. The van der Waals surface area contributed by atoms with Crippen LogP contribution in [0.15, 0.2) is 41.3 Å². The maximum absolute atomic E-state index is 15.1. The lowest BCUT2D eigenvalue weighted by molar-refractivity contribution is -0.137. The SMILES string of the molecule is NC(=O)O[C@@H]1CCC2(S(=O)(=O)c3ccc(C(F)(F)F)cc3)c3c(F)ccc(F)c3OC[C@@]2(O)C1. The first kappa shape index (κ1) is 24.2. The van der Waals surface area contributed by atoms with Gasteiger partial charge in [-0.2, -0.15) is 13.2 Å². The van der Waals surface area contributed by atoms with Crippen LogP contribution in [-0.2, 0) is 25.5 Å². The van der Waals surface area contributed by atoms with E-state index in [1.807, 2.05) is 0 Å². The molecule has 2 aliphatic rings. The molecule has 3 N–H and O–H groups in total. The molecule has 2 aromatic carbocycles. The predicted molar refractivity (Wildman–Crippen MR) is 105 cm³/mol. The van der Waals surface area contributed by atoms with E-state index in [0.29, 0.717) is 30.3 Å². The summed E-state index contributed by atoms with van der Waals surface area (Å²) < 4.78 is 104. The molecule has 1 aliphatic heterocycles. The third-order valence-electron chi connectivity index (χ3n) is 6.29. The van der Waals surface area contributed by atoms with Crippen molar-refractivity contribution in [1.29, 1.82) is 0 Å². The maximum Gasteiger partial charge on any atom is 0.416 e. The molecule has 1 heterocycles. The molecular weight excluding hydrogens is 489 g/mol. The second-order valence-corrected chi connectivity index (χ2v) is 10.4. The number of carbonyl (C=O) groups excluding carboxylic acids is 1. The molecule has 34 heavy (non-hydrogen) atoms. The summed E-state index contributed by atoms with van der Waals surface area (Å²) in [5, 5.41) is 11.6. The van der Waals surface area contributed by atoms with E-state index in [9.17, 15) is 35.9 Å². The number of primary amides is 1. The van der Waals surface area contributed by atoms with Gasteiger partial charge in [-0.15, -0.1) is 0 Å². The van der Waals surface area contributed by atoms with Crippen molar-refractivity contribution in [3.63, 3.8) is 0 Å². The Balaban J connectivity index is 1.95. The number of hydrogen-bond acceptors (Lipinski definition) is 6. The number of sulfone groups is 1. The van der Waals surface area contributed by atoms with Gasteiger partial charge in [-0.3, -0.25) is 0 Å². The zero-order chi connectivity index (χ0) is 25.1. The topological polar surface area (TPSA) is 116 Å². The van der Waals surface area contributed by atoms with Gasteiger partial charge in [-0.25, -0.2) is 22.0 Å². The fourth-order valence-corrected chi connectivity index (χ4v) is 7.21. The van der Waals surface area contributed by atoms with E-state index < -0.39 is 91.4 Å². The Morgan fingerprint density at radius 3 is 2.32 bits per heavy atom. The molecule has 0 spiro atoms. The molecule has 0 bridgehead atoms. The van der Waals surface area contributed by atoms with Crippen molar-refractivity contribution in [3.05, 3.63) is 59.2 Å². The fourth-order valence-electron chi connectivity index (χ4n) is 4.82. The molecule has 1 saturated carbocycles. The third kappa shape index (κ3) is 3.49. The van der Waals surface area contributed by atoms with Crippen LogP contribution in [0.2, 0.25) is 0 Å². The Morgan fingerprint density at radius 1 is 1.12 bits per heavy atom. The van der Waals surface area contributed by atoms with Gasteiger partial charge in [0.2, 0.25) is 0 Å². The Kier molecular flexibility index (Phi) is 5.55. The van der Waals surface area contributed by atoms with E-state index >= 15 is 4.39 Å². The highest BCUT2D eigenvalue weighted by atomic mass is 32.2. The lowest BCUT2D eigenvalue weighted by Gasteiger charge is -2.53. The lowest BCUT2D eigenvalue weighted by atomic mass is 9.68. The number of alkyl halides is 3. The molecular formula is C21H18F5NO6S. The van der Waals surface area contributed by atoms with Gasteiger partial charge in [0, 0.05) is 6.42 Å². The summed E-state index contributed by atoms with van der Waals surface area (Å²) in [6.07, 6.45) is -8.36. The van der Waals surface area contributed by atoms with Crippen molar-refractivity contribution in [3.8, 4) is 5.75 Å². The predicted octanol–water partition coefficient (Wildman–Crippen LogP) is 3.42. The number of amides is 1. The van der Waals surface area contributed by atoms with Crippen LogP contribution in [0.5, 0.6) is 5.75 Å². The van der Waals surface area contributed by atoms with Gasteiger partial charge in [0.05, 0.1) is 16.0 Å². The first-order valence-electron chi connectivity index (χ1n) is 9.94. The van der Waals surface area contributed by atoms with Crippen LogP contribution < -0.4 is 10.5 Å². The first-order chi connectivity index (χ1) is 15.7. The number of aliphatic hydroxyl groups is 1. The van der Waals surface area contributed by atoms with E-state index in [0.717, 1.165) is 6.07 Å². The van der Waals surface area contributed by atoms with Crippen LogP contribution in [-0.4, -0.2) is 37.9 Å². The second-order valence-electron chi connectivity index (χ2n) is 8.21. The van der Waals surface area contributed by atoms with Gasteiger partial charge in [-0.1, -0.05) is 0 Å². The Hall–Kier alpha value is -2.93. The highest BCUT2D eigenvalue weighted by Crippen LogP contribution is 2.58. The monoisotopic (exact) mass is 507 g/mol. The number of fused-ring (bicyclic) bond motifs is 3. The summed E-state index contributed by atoms with van der Waals surface area (Å²) in [5.41, 5.74) is 0.669. The van der Waals surface area contributed by atoms with E-state index in [1.165, 1.54) is 0 Å². The van der Waals surface area contributed by atoms with Gasteiger partial charge >= 0.3 is 12.3 Å². The Morgan fingerprint density at radius 2 is 1.74 bits per heavy atom. The van der Waals surface area contributed by atoms with E-state index in [-0.39, 0.29) is 6.42 Å². The van der Waals surface area contributed by atoms with Crippen LogP contribution in [0.25, 0.3) is 0 Å². The van der Waals surface area contributed by atoms with Crippen molar-refractivity contribution < 1.29 is 49.7 Å². The molecule has 3 atom stereocenters. The molecule has 0 radical (unpaired) electrons. The summed E-state index contributed by atoms with van der Waals surface area (Å²) in [5.74, 6) is -3.01. The maximum atomic E-state index is 15.1. The standard InChI is InChI=1S/C21H18F5NO6S/c22-14-5-6-15(23)17-16(14)20(8-7-12(33-18(27)28)9-19(20,29)10-32-17)34(30,31)13-3-1-11(2-4-13)21(24,25)26/h1-6,12,29H,7-10H2,(H2,27,28)/t12-,19+,20?/m1/s1. The first-order valence-corrected chi connectivity index (χ1v) is 11.4. The molecule has 1 amide bonds. The molecule has 1 aliphatic carbocycles. The number of carbonyl (C=O) groups is 1. The van der Waals surface area contributed by atoms with Gasteiger partial charge in [0.1, 0.15) is 28.9 Å². The summed E-state index contributed by atoms with van der Waals surface area (Å²) in [6, 6.07) is 3.83. The molecule has 2 aromatic rings. The van der Waals surface area contributed by atoms with Crippen LogP contribution in [0.4, 0.5) is 26.7 Å². The van der Waals surface area contributed by atoms with Crippen LogP contribution in [0, 0.1) is 11.6 Å². The largest absolute Gasteiger partial charge is 0.487 e. The van der Waals surface area contributed by atoms with Crippen molar-refractivity contribution in [2.75, 3.05) is 6.61 Å². The second kappa shape index (κ2) is 7.80. The molecule has 0 aromatic heterocycles. The Labute approximate surface area is 190 Å². The third-order valence-corrected chi connectivity index (χ3v) is 8.89. The van der Waals surface area contributed by atoms with Crippen molar-refractivity contribution in [2.24, 2.45) is 5.73 Å². The normalized spacial score (nSPS) is 26.7. The molecule has 0 saturated heterocycles. The minimum atomic E-state index is -4.88. The zero-order valence-electron chi connectivity index (χ0n) is 17.2. The van der Waals surface area contributed by atoms with Crippen LogP contribution >= 0.6 is 0 Å². The number of benzene rings is 2. The van der Waals surface area contributed by atoms with Gasteiger partial charge in [0.25, 0.3) is 0 Å². The van der Waals surface area contributed by atoms with Gasteiger partial charge < -0.3 is 20.3 Å². The summed E-state index contributed by atoms with van der Waals surface area (Å²) in [4.78, 5) is 10.6. The highest BCUT2D eigenvalue weighted by molar-refractivity contribution is 7.92. The summed E-state index contributed by atoms with van der Waals surface area (Å²) in [6.45, 7) is -0.821. The minimum Gasteiger partial charge on any atom is -0.487 e.